The van der Waals surface area contributed by atoms with E-state index in [2.05, 4.69) is 20.6 Å². The lowest BCUT2D eigenvalue weighted by Gasteiger charge is -2.11. The van der Waals surface area contributed by atoms with Crippen molar-refractivity contribution in [3.8, 4) is 11.5 Å². The lowest BCUT2D eigenvalue weighted by molar-refractivity contribution is 0.355. The molecule has 2 aromatic carbocycles. The number of methoxy groups -OCH3 is 2. The Labute approximate surface area is 150 Å². The van der Waals surface area contributed by atoms with Crippen LogP contribution in [0.1, 0.15) is 0 Å². The van der Waals surface area contributed by atoms with Crippen LogP contribution in [0.3, 0.4) is 0 Å². The van der Waals surface area contributed by atoms with E-state index in [1.807, 2.05) is 42.5 Å². The Kier molecular flexibility index (Phi) is 5.20. The highest BCUT2D eigenvalue weighted by atomic mass is 35.5. The Hall–Kier alpha value is -2.99. The molecule has 0 spiro atoms. The number of halogens is 1. The molecule has 0 atom stereocenters. The summed E-state index contributed by atoms with van der Waals surface area (Å²) in [6.07, 6.45) is 1.66. The molecule has 0 aliphatic carbocycles. The number of hydrogen-bond donors (Lipinski definition) is 2. The molecule has 0 saturated carbocycles. The van der Waals surface area contributed by atoms with Crippen LogP contribution in [0.25, 0.3) is 0 Å². The summed E-state index contributed by atoms with van der Waals surface area (Å²) >= 11 is 6.16. The fraction of sp³-hybridized carbons (Fsp3) is 0.111. The fourth-order valence-corrected chi connectivity index (χ4v) is 2.42. The SMILES string of the molecule is COc1ccc(Nc2nccc(Nc3ccccc3Cl)n2)cc1OC. The van der Waals surface area contributed by atoms with Gasteiger partial charge >= 0.3 is 0 Å². The summed E-state index contributed by atoms with van der Waals surface area (Å²) in [4.78, 5) is 8.67. The maximum absolute atomic E-state index is 6.16. The van der Waals surface area contributed by atoms with E-state index in [0.717, 1.165) is 11.4 Å². The van der Waals surface area contributed by atoms with E-state index in [9.17, 15) is 0 Å². The molecule has 1 aromatic heterocycles. The molecule has 0 amide bonds. The first-order valence-corrected chi connectivity index (χ1v) is 7.91. The van der Waals surface area contributed by atoms with Crippen LogP contribution in [0.5, 0.6) is 11.5 Å². The number of rotatable bonds is 6. The third-order valence-electron chi connectivity index (χ3n) is 3.43. The first-order valence-electron chi connectivity index (χ1n) is 7.53. The minimum absolute atomic E-state index is 0.448. The van der Waals surface area contributed by atoms with Gasteiger partial charge in [-0.05, 0) is 30.3 Å². The zero-order chi connectivity index (χ0) is 17.6. The number of hydrogen-bond acceptors (Lipinski definition) is 6. The van der Waals surface area contributed by atoms with Crippen LogP contribution in [-0.4, -0.2) is 24.2 Å². The maximum Gasteiger partial charge on any atom is 0.229 e. The molecule has 128 valence electrons. The highest BCUT2D eigenvalue weighted by Gasteiger charge is 2.07. The molecule has 6 nitrogen and oxygen atoms in total. The molecular formula is C18H17ClN4O2. The zero-order valence-corrected chi connectivity index (χ0v) is 14.5. The number of benzene rings is 2. The predicted octanol–water partition coefficient (Wildman–Crippen LogP) is 4.63. The summed E-state index contributed by atoms with van der Waals surface area (Å²) in [7, 11) is 3.18. The van der Waals surface area contributed by atoms with Crippen molar-refractivity contribution >= 4 is 34.7 Å². The Balaban J connectivity index is 1.79. The quantitative estimate of drug-likeness (QED) is 0.671. The molecule has 0 fully saturated rings. The van der Waals surface area contributed by atoms with Crippen LogP contribution in [0.4, 0.5) is 23.1 Å². The molecule has 0 radical (unpaired) electrons. The van der Waals surface area contributed by atoms with Gasteiger partial charge in [0.05, 0.1) is 24.9 Å². The Morgan fingerprint density at radius 2 is 1.72 bits per heavy atom. The molecule has 3 rings (SSSR count). The van der Waals surface area contributed by atoms with Crippen molar-refractivity contribution in [3.05, 3.63) is 59.8 Å². The van der Waals surface area contributed by atoms with Gasteiger partial charge in [-0.25, -0.2) is 4.98 Å². The number of nitrogens with one attached hydrogen (secondary N) is 2. The smallest absolute Gasteiger partial charge is 0.229 e. The second-order valence-corrected chi connectivity index (χ2v) is 5.47. The lowest BCUT2D eigenvalue weighted by Crippen LogP contribution is -2.01. The van der Waals surface area contributed by atoms with Gasteiger partial charge in [0.15, 0.2) is 11.5 Å². The standard InChI is InChI=1S/C18H17ClN4O2/c1-24-15-8-7-12(11-16(15)25-2)21-18-20-10-9-17(23-18)22-14-6-4-3-5-13(14)19/h3-11H,1-2H3,(H2,20,21,22,23). The summed E-state index contributed by atoms with van der Waals surface area (Å²) in [6, 6.07) is 14.7. The molecular weight excluding hydrogens is 340 g/mol. The van der Waals surface area contributed by atoms with Gasteiger partial charge in [0.25, 0.3) is 0 Å². The van der Waals surface area contributed by atoms with Crippen LogP contribution in [0, 0.1) is 0 Å². The molecule has 7 heteroatoms. The average Bonchev–Trinajstić information content (AvgIpc) is 2.64. The highest BCUT2D eigenvalue weighted by molar-refractivity contribution is 6.33. The topological polar surface area (TPSA) is 68.3 Å². The van der Waals surface area contributed by atoms with E-state index in [-0.39, 0.29) is 0 Å². The number of anilines is 4. The van der Waals surface area contributed by atoms with E-state index in [0.29, 0.717) is 28.3 Å². The number of ether oxygens (including phenoxy) is 2. The molecule has 2 N–H and O–H groups in total. The van der Waals surface area contributed by atoms with Gasteiger partial charge in [-0.15, -0.1) is 0 Å². The van der Waals surface area contributed by atoms with Gasteiger partial charge in [0, 0.05) is 18.0 Å². The van der Waals surface area contributed by atoms with Crippen LogP contribution in [0.15, 0.2) is 54.7 Å². The monoisotopic (exact) mass is 356 g/mol. The largest absolute Gasteiger partial charge is 0.493 e. The third-order valence-corrected chi connectivity index (χ3v) is 3.76. The Bertz CT molecular complexity index is 873. The van der Waals surface area contributed by atoms with Crippen LogP contribution in [0.2, 0.25) is 5.02 Å². The number of nitrogens with zero attached hydrogens (tertiary/aromatic N) is 2. The Morgan fingerprint density at radius 1 is 0.920 bits per heavy atom. The molecule has 25 heavy (non-hydrogen) atoms. The summed E-state index contributed by atoms with van der Waals surface area (Å²) in [6.45, 7) is 0. The summed E-state index contributed by atoms with van der Waals surface area (Å²) < 4.78 is 10.5. The van der Waals surface area contributed by atoms with Crippen LogP contribution >= 0.6 is 11.6 Å². The molecule has 0 aliphatic heterocycles. The van der Waals surface area contributed by atoms with Gasteiger partial charge in [0.1, 0.15) is 5.82 Å². The van der Waals surface area contributed by atoms with E-state index < -0.39 is 0 Å². The second kappa shape index (κ2) is 7.72. The minimum Gasteiger partial charge on any atom is -0.493 e. The van der Waals surface area contributed by atoms with Crippen molar-refractivity contribution in [2.45, 2.75) is 0 Å². The summed E-state index contributed by atoms with van der Waals surface area (Å²) in [5.74, 6) is 2.36. The minimum atomic E-state index is 0.448. The van der Waals surface area contributed by atoms with Crippen molar-refractivity contribution in [2.75, 3.05) is 24.9 Å². The van der Waals surface area contributed by atoms with Crippen LogP contribution in [-0.2, 0) is 0 Å². The van der Waals surface area contributed by atoms with Crippen molar-refractivity contribution in [2.24, 2.45) is 0 Å². The molecule has 0 saturated heterocycles. The van der Waals surface area contributed by atoms with Gasteiger partial charge in [-0.2, -0.15) is 4.98 Å². The lowest BCUT2D eigenvalue weighted by atomic mass is 10.3. The Morgan fingerprint density at radius 3 is 2.48 bits per heavy atom. The van der Waals surface area contributed by atoms with E-state index in [1.54, 1.807) is 26.5 Å². The predicted molar refractivity (Wildman–Crippen MR) is 99.6 cm³/mol. The van der Waals surface area contributed by atoms with Crippen molar-refractivity contribution < 1.29 is 9.47 Å². The van der Waals surface area contributed by atoms with Gasteiger partial charge in [-0.3, -0.25) is 0 Å². The maximum atomic E-state index is 6.16. The van der Waals surface area contributed by atoms with E-state index in [1.165, 1.54) is 0 Å². The second-order valence-electron chi connectivity index (χ2n) is 5.07. The zero-order valence-electron chi connectivity index (χ0n) is 13.8. The van der Waals surface area contributed by atoms with Crippen molar-refractivity contribution in [1.29, 1.82) is 0 Å². The van der Waals surface area contributed by atoms with Crippen molar-refractivity contribution in [3.63, 3.8) is 0 Å². The van der Waals surface area contributed by atoms with Gasteiger partial charge < -0.3 is 20.1 Å². The first kappa shape index (κ1) is 16.9. The fourth-order valence-electron chi connectivity index (χ4n) is 2.23. The molecule has 0 aliphatic rings. The highest BCUT2D eigenvalue weighted by Crippen LogP contribution is 2.31. The summed E-state index contributed by atoms with van der Waals surface area (Å²) in [5, 5.41) is 6.93. The third kappa shape index (κ3) is 4.10. The molecule has 0 unspecified atom stereocenters. The van der Waals surface area contributed by atoms with E-state index in [4.69, 9.17) is 21.1 Å². The van der Waals surface area contributed by atoms with Crippen LogP contribution < -0.4 is 20.1 Å². The van der Waals surface area contributed by atoms with Gasteiger partial charge in [0.2, 0.25) is 5.95 Å². The normalized spacial score (nSPS) is 10.2. The van der Waals surface area contributed by atoms with Gasteiger partial charge in [-0.1, -0.05) is 23.7 Å². The average molecular weight is 357 g/mol. The number of para-hydroxylation sites is 1. The summed E-state index contributed by atoms with van der Waals surface area (Å²) in [5.41, 5.74) is 1.56. The van der Waals surface area contributed by atoms with E-state index >= 15 is 0 Å². The number of aromatic nitrogens is 2. The molecule has 3 aromatic rings. The molecule has 0 bridgehead atoms. The molecule has 1 heterocycles. The van der Waals surface area contributed by atoms with Crippen molar-refractivity contribution in [1.82, 2.24) is 9.97 Å². The first-order chi connectivity index (χ1) is 12.2.